The van der Waals surface area contributed by atoms with Gasteiger partial charge in [0.1, 0.15) is 0 Å². The first-order valence-electron chi connectivity index (χ1n) is 6.56. The van der Waals surface area contributed by atoms with Crippen LogP contribution in [0, 0.1) is 0 Å². The predicted octanol–water partition coefficient (Wildman–Crippen LogP) is 4.40. The van der Waals surface area contributed by atoms with E-state index in [1.807, 2.05) is 18.4 Å². The fraction of sp³-hybridized carbons (Fsp3) is 0.176. The van der Waals surface area contributed by atoms with Crippen molar-refractivity contribution in [3.8, 4) is 0 Å². The Morgan fingerprint density at radius 1 is 1.00 bits per heavy atom. The minimum atomic E-state index is 0.389. The van der Waals surface area contributed by atoms with Gasteiger partial charge in [-0.25, -0.2) is 0 Å². The number of nitrogens with one attached hydrogen (secondary N) is 1. The van der Waals surface area contributed by atoms with Gasteiger partial charge >= 0.3 is 0 Å². The molecule has 3 aromatic rings. The van der Waals surface area contributed by atoms with Crippen molar-refractivity contribution in [3.63, 3.8) is 0 Å². The molecule has 96 valence electrons. The molecule has 1 aromatic heterocycles. The summed E-state index contributed by atoms with van der Waals surface area (Å²) in [6.07, 6.45) is 1.03. The highest BCUT2D eigenvalue weighted by atomic mass is 32.1. The van der Waals surface area contributed by atoms with E-state index in [4.69, 9.17) is 0 Å². The van der Waals surface area contributed by atoms with Gasteiger partial charge in [0.25, 0.3) is 0 Å². The van der Waals surface area contributed by atoms with Crippen molar-refractivity contribution in [3.05, 3.63) is 71.1 Å². The van der Waals surface area contributed by atoms with Gasteiger partial charge in [0, 0.05) is 15.6 Å². The predicted molar refractivity (Wildman–Crippen MR) is 83.8 cm³/mol. The average Bonchev–Trinajstić information content (AvgIpc) is 2.89. The standard InChI is InChI=1S/C17H17NS/c1-18-15(11-13-7-3-2-4-8-13)17-12-14-9-5-6-10-16(14)19-17/h2-10,12,15,18H,11H2,1H3. The topological polar surface area (TPSA) is 12.0 Å². The summed E-state index contributed by atoms with van der Waals surface area (Å²) in [4.78, 5) is 1.41. The first-order chi connectivity index (χ1) is 9.36. The third-order valence-electron chi connectivity index (χ3n) is 3.42. The Bertz CT molecular complexity index is 624. The molecule has 2 aromatic carbocycles. The summed E-state index contributed by atoms with van der Waals surface area (Å²) in [5, 5.41) is 4.78. The molecule has 0 fully saturated rings. The van der Waals surface area contributed by atoms with E-state index in [1.165, 1.54) is 20.5 Å². The lowest BCUT2D eigenvalue weighted by atomic mass is 10.0. The summed E-state index contributed by atoms with van der Waals surface area (Å²) in [6.45, 7) is 0. The normalized spacial score (nSPS) is 12.7. The zero-order valence-electron chi connectivity index (χ0n) is 11.0. The van der Waals surface area contributed by atoms with E-state index in [2.05, 4.69) is 66.0 Å². The lowest BCUT2D eigenvalue weighted by Crippen LogP contribution is -2.17. The molecule has 1 atom stereocenters. The Morgan fingerprint density at radius 3 is 2.47 bits per heavy atom. The summed E-state index contributed by atoms with van der Waals surface area (Å²) in [7, 11) is 2.04. The second-order valence-electron chi connectivity index (χ2n) is 4.72. The van der Waals surface area contributed by atoms with E-state index in [-0.39, 0.29) is 0 Å². The molecule has 3 rings (SSSR count). The second-order valence-corrected chi connectivity index (χ2v) is 5.83. The molecular formula is C17H17NS. The minimum Gasteiger partial charge on any atom is -0.312 e. The highest BCUT2D eigenvalue weighted by molar-refractivity contribution is 7.19. The summed E-state index contributed by atoms with van der Waals surface area (Å²) in [5.41, 5.74) is 1.37. The molecule has 1 unspecified atom stereocenters. The van der Waals surface area contributed by atoms with Crippen molar-refractivity contribution in [2.24, 2.45) is 0 Å². The van der Waals surface area contributed by atoms with Gasteiger partial charge in [-0.05, 0) is 36.6 Å². The Morgan fingerprint density at radius 2 is 1.74 bits per heavy atom. The Labute approximate surface area is 117 Å². The van der Waals surface area contributed by atoms with Gasteiger partial charge in [-0.2, -0.15) is 0 Å². The lowest BCUT2D eigenvalue weighted by molar-refractivity contribution is 0.602. The molecule has 19 heavy (non-hydrogen) atoms. The number of fused-ring (bicyclic) bond motifs is 1. The van der Waals surface area contributed by atoms with E-state index < -0.39 is 0 Å². The van der Waals surface area contributed by atoms with Gasteiger partial charge in [-0.15, -0.1) is 11.3 Å². The summed E-state index contributed by atoms with van der Waals surface area (Å²) in [6, 6.07) is 21.9. The third-order valence-corrected chi connectivity index (χ3v) is 4.65. The largest absolute Gasteiger partial charge is 0.312 e. The molecule has 0 aliphatic carbocycles. The number of hydrogen-bond donors (Lipinski definition) is 1. The van der Waals surface area contributed by atoms with Crippen LogP contribution in [0.2, 0.25) is 0 Å². The van der Waals surface area contributed by atoms with E-state index in [9.17, 15) is 0 Å². The Balaban J connectivity index is 1.89. The SMILES string of the molecule is CNC(Cc1ccccc1)c1cc2ccccc2s1. The molecule has 0 aliphatic heterocycles. The van der Waals surface area contributed by atoms with Gasteiger partial charge in [-0.1, -0.05) is 48.5 Å². The first kappa shape index (κ1) is 12.4. The van der Waals surface area contributed by atoms with Crippen LogP contribution in [0.5, 0.6) is 0 Å². The number of hydrogen-bond acceptors (Lipinski definition) is 2. The molecule has 1 N–H and O–H groups in total. The van der Waals surface area contributed by atoms with Crippen molar-refractivity contribution >= 4 is 21.4 Å². The van der Waals surface area contributed by atoms with Crippen LogP contribution in [0.25, 0.3) is 10.1 Å². The third kappa shape index (κ3) is 2.70. The molecular weight excluding hydrogens is 250 g/mol. The van der Waals surface area contributed by atoms with Crippen molar-refractivity contribution in [1.29, 1.82) is 0 Å². The minimum absolute atomic E-state index is 0.389. The molecule has 0 saturated heterocycles. The van der Waals surface area contributed by atoms with E-state index >= 15 is 0 Å². The molecule has 0 bridgehead atoms. The lowest BCUT2D eigenvalue weighted by Gasteiger charge is -2.14. The van der Waals surface area contributed by atoms with Gasteiger partial charge in [0.15, 0.2) is 0 Å². The van der Waals surface area contributed by atoms with Crippen LogP contribution < -0.4 is 5.32 Å². The van der Waals surface area contributed by atoms with Crippen LogP contribution in [0.3, 0.4) is 0 Å². The van der Waals surface area contributed by atoms with E-state index in [1.54, 1.807) is 0 Å². The zero-order chi connectivity index (χ0) is 13.1. The van der Waals surface area contributed by atoms with Gasteiger partial charge in [0.2, 0.25) is 0 Å². The van der Waals surface area contributed by atoms with Crippen LogP contribution in [0.1, 0.15) is 16.5 Å². The number of benzene rings is 2. The molecule has 0 amide bonds. The molecule has 0 radical (unpaired) electrons. The van der Waals surface area contributed by atoms with Gasteiger partial charge in [0.05, 0.1) is 0 Å². The fourth-order valence-corrected chi connectivity index (χ4v) is 3.54. The molecule has 0 spiro atoms. The average molecular weight is 267 g/mol. The maximum atomic E-state index is 3.44. The number of likely N-dealkylation sites (N-methyl/N-ethyl adjacent to an activating group) is 1. The van der Waals surface area contributed by atoms with Gasteiger partial charge < -0.3 is 5.32 Å². The number of rotatable bonds is 4. The van der Waals surface area contributed by atoms with E-state index in [0.29, 0.717) is 6.04 Å². The van der Waals surface area contributed by atoms with Crippen LogP contribution in [0.15, 0.2) is 60.7 Å². The van der Waals surface area contributed by atoms with E-state index in [0.717, 1.165) is 6.42 Å². The fourth-order valence-electron chi connectivity index (χ4n) is 2.37. The molecule has 0 saturated carbocycles. The maximum Gasteiger partial charge on any atom is 0.0453 e. The quantitative estimate of drug-likeness (QED) is 0.738. The second kappa shape index (κ2) is 5.55. The smallest absolute Gasteiger partial charge is 0.0453 e. The maximum absolute atomic E-state index is 3.44. The first-order valence-corrected chi connectivity index (χ1v) is 7.38. The zero-order valence-corrected chi connectivity index (χ0v) is 11.8. The highest BCUT2D eigenvalue weighted by Crippen LogP contribution is 2.31. The van der Waals surface area contributed by atoms with Crippen molar-refractivity contribution in [2.45, 2.75) is 12.5 Å². The Kier molecular flexibility index (Phi) is 3.62. The Hall–Kier alpha value is -1.64. The van der Waals surface area contributed by atoms with Crippen molar-refractivity contribution in [2.75, 3.05) is 7.05 Å². The van der Waals surface area contributed by atoms with Crippen LogP contribution in [-0.2, 0) is 6.42 Å². The van der Waals surface area contributed by atoms with Crippen molar-refractivity contribution in [1.82, 2.24) is 5.32 Å². The van der Waals surface area contributed by atoms with Crippen molar-refractivity contribution < 1.29 is 0 Å². The molecule has 1 heterocycles. The summed E-state index contributed by atoms with van der Waals surface area (Å²) >= 11 is 1.89. The summed E-state index contributed by atoms with van der Waals surface area (Å²) < 4.78 is 1.37. The van der Waals surface area contributed by atoms with Crippen LogP contribution >= 0.6 is 11.3 Å². The van der Waals surface area contributed by atoms with Crippen LogP contribution in [0.4, 0.5) is 0 Å². The van der Waals surface area contributed by atoms with Crippen LogP contribution in [-0.4, -0.2) is 7.05 Å². The van der Waals surface area contributed by atoms with Gasteiger partial charge in [-0.3, -0.25) is 0 Å². The number of thiophene rings is 1. The molecule has 0 aliphatic rings. The molecule has 1 nitrogen and oxygen atoms in total. The monoisotopic (exact) mass is 267 g/mol. The molecule has 2 heteroatoms. The highest BCUT2D eigenvalue weighted by Gasteiger charge is 2.13. The summed E-state index contributed by atoms with van der Waals surface area (Å²) in [5.74, 6) is 0.